The molecule has 0 amide bonds. The Hall–Kier alpha value is -1.67. The summed E-state index contributed by atoms with van der Waals surface area (Å²) in [6.07, 6.45) is 0.540. The van der Waals surface area contributed by atoms with Gasteiger partial charge < -0.3 is 5.32 Å². The lowest BCUT2D eigenvalue weighted by Crippen LogP contribution is -2.25. The molecule has 0 radical (unpaired) electrons. The molecule has 0 bridgehead atoms. The van der Waals surface area contributed by atoms with Crippen LogP contribution in [-0.2, 0) is 6.54 Å². The molecule has 5 heteroatoms. The van der Waals surface area contributed by atoms with Gasteiger partial charge in [-0.05, 0) is 13.5 Å². The number of nitrogens with one attached hydrogen (secondary N) is 1. The van der Waals surface area contributed by atoms with Gasteiger partial charge in [-0.25, -0.2) is 9.97 Å². The summed E-state index contributed by atoms with van der Waals surface area (Å²) in [5.74, 6) is 1.64. The average molecular weight is 233 g/mol. The smallest absolute Gasteiger partial charge is 0.144 e. The molecular formula is C12H19N5. The topological polar surface area (TPSA) is 64.8 Å². The first kappa shape index (κ1) is 13.4. The lowest BCUT2D eigenvalue weighted by atomic mass is 10.3. The summed E-state index contributed by atoms with van der Waals surface area (Å²) >= 11 is 0. The Labute approximate surface area is 102 Å². The molecule has 1 heterocycles. The zero-order valence-corrected chi connectivity index (χ0v) is 10.7. The van der Waals surface area contributed by atoms with Crippen LogP contribution in [0.2, 0.25) is 0 Å². The lowest BCUT2D eigenvalue weighted by molar-refractivity contribution is 0.279. The van der Waals surface area contributed by atoms with E-state index in [4.69, 9.17) is 5.26 Å². The van der Waals surface area contributed by atoms with Crippen molar-refractivity contribution in [1.29, 1.82) is 5.26 Å². The molecule has 5 nitrogen and oxygen atoms in total. The number of nitriles is 1. The monoisotopic (exact) mass is 233 g/mol. The number of nitrogens with zero attached hydrogens (tertiary/aromatic N) is 4. The van der Waals surface area contributed by atoms with Crippen LogP contribution in [0, 0.1) is 18.3 Å². The maximum absolute atomic E-state index is 8.59. The number of rotatable bonds is 6. The van der Waals surface area contributed by atoms with Crippen molar-refractivity contribution >= 4 is 5.82 Å². The molecule has 1 aromatic rings. The molecule has 0 aromatic carbocycles. The van der Waals surface area contributed by atoms with Crippen LogP contribution >= 0.6 is 0 Å². The molecule has 0 atom stereocenters. The molecule has 0 spiro atoms. The third-order valence-corrected chi connectivity index (χ3v) is 2.51. The molecule has 0 aliphatic carbocycles. The molecule has 0 saturated carbocycles. The summed E-state index contributed by atoms with van der Waals surface area (Å²) in [4.78, 5) is 11.0. The molecule has 1 N–H and O–H groups in total. The van der Waals surface area contributed by atoms with E-state index in [1.807, 2.05) is 20.0 Å². The van der Waals surface area contributed by atoms with Gasteiger partial charge in [0, 0.05) is 31.8 Å². The molecule has 1 rings (SSSR count). The van der Waals surface area contributed by atoms with Crippen LogP contribution < -0.4 is 5.32 Å². The van der Waals surface area contributed by atoms with E-state index < -0.39 is 0 Å². The van der Waals surface area contributed by atoms with E-state index >= 15 is 0 Å². The van der Waals surface area contributed by atoms with Crippen molar-refractivity contribution in [2.24, 2.45) is 0 Å². The number of aryl methyl sites for hydroxylation is 1. The van der Waals surface area contributed by atoms with Gasteiger partial charge in [-0.15, -0.1) is 0 Å². The second-order valence-corrected chi connectivity index (χ2v) is 3.84. The minimum Gasteiger partial charge on any atom is -0.373 e. The Morgan fingerprint density at radius 2 is 2.24 bits per heavy atom. The van der Waals surface area contributed by atoms with Crippen molar-refractivity contribution in [3.63, 3.8) is 0 Å². The van der Waals surface area contributed by atoms with Gasteiger partial charge in [-0.3, -0.25) is 4.90 Å². The molecular weight excluding hydrogens is 214 g/mol. The highest BCUT2D eigenvalue weighted by molar-refractivity contribution is 5.34. The van der Waals surface area contributed by atoms with E-state index in [0.717, 1.165) is 30.4 Å². The van der Waals surface area contributed by atoms with E-state index in [9.17, 15) is 0 Å². The highest BCUT2D eigenvalue weighted by Gasteiger charge is 2.07. The molecule has 92 valence electrons. The van der Waals surface area contributed by atoms with Crippen LogP contribution in [-0.4, -0.2) is 35.0 Å². The minimum absolute atomic E-state index is 0.540. The second kappa shape index (κ2) is 6.81. The summed E-state index contributed by atoms with van der Waals surface area (Å²) < 4.78 is 0. The predicted molar refractivity (Wildman–Crippen MR) is 67.5 cm³/mol. The quantitative estimate of drug-likeness (QED) is 0.807. The van der Waals surface area contributed by atoms with E-state index in [-0.39, 0.29) is 0 Å². The summed E-state index contributed by atoms with van der Waals surface area (Å²) in [7, 11) is 1.85. The van der Waals surface area contributed by atoms with Gasteiger partial charge in [0.2, 0.25) is 0 Å². The molecule has 0 aliphatic rings. The summed E-state index contributed by atoms with van der Waals surface area (Å²) in [5.41, 5.74) is 0.954. The fraction of sp³-hybridized carbons (Fsp3) is 0.583. The Morgan fingerprint density at radius 3 is 2.82 bits per heavy atom. The molecule has 0 unspecified atom stereocenters. The van der Waals surface area contributed by atoms with Crippen molar-refractivity contribution in [3.05, 3.63) is 17.6 Å². The fourth-order valence-corrected chi connectivity index (χ4v) is 1.59. The van der Waals surface area contributed by atoms with Crippen molar-refractivity contribution in [2.45, 2.75) is 26.8 Å². The zero-order chi connectivity index (χ0) is 12.7. The molecule has 0 fully saturated rings. The maximum atomic E-state index is 8.59. The van der Waals surface area contributed by atoms with Crippen LogP contribution in [0.3, 0.4) is 0 Å². The molecule has 17 heavy (non-hydrogen) atoms. The molecule has 1 aromatic heterocycles. The van der Waals surface area contributed by atoms with Crippen molar-refractivity contribution in [2.75, 3.05) is 25.5 Å². The first-order valence-corrected chi connectivity index (χ1v) is 5.81. The third kappa shape index (κ3) is 4.37. The van der Waals surface area contributed by atoms with Crippen molar-refractivity contribution < 1.29 is 0 Å². The zero-order valence-electron chi connectivity index (χ0n) is 10.7. The second-order valence-electron chi connectivity index (χ2n) is 3.84. The number of hydrogen-bond donors (Lipinski definition) is 1. The Bertz CT molecular complexity index is 396. The number of hydrogen-bond acceptors (Lipinski definition) is 5. The van der Waals surface area contributed by atoms with Crippen LogP contribution in [0.25, 0.3) is 0 Å². The summed E-state index contributed by atoms with van der Waals surface area (Å²) in [6.45, 7) is 6.38. The first-order valence-electron chi connectivity index (χ1n) is 5.81. The van der Waals surface area contributed by atoms with Crippen molar-refractivity contribution in [3.8, 4) is 6.07 Å². The van der Waals surface area contributed by atoms with E-state index in [1.54, 1.807) is 0 Å². The van der Waals surface area contributed by atoms with Crippen LogP contribution in [0.4, 0.5) is 5.82 Å². The van der Waals surface area contributed by atoms with Gasteiger partial charge in [0.05, 0.1) is 12.6 Å². The van der Waals surface area contributed by atoms with Gasteiger partial charge in [-0.2, -0.15) is 5.26 Å². The third-order valence-electron chi connectivity index (χ3n) is 2.51. The molecule has 0 aliphatic heterocycles. The highest BCUT2D eigenvalue weighted by atomic mass is 15.1. The SMILES string of the molecule is CCN(CCC#N)Cc1nc(C)cc(NC)n1. The van der Waals surface area contributed by atoms with Gasteiger partial charge in [0.25, 0.3) is 0 Å². The van der Waals surface area contributed by atoms with Gasteiger partial charge in [0.15, 0.2) is 0 Å². The maximum Gasteiger partial charge on any atom is 0.144 e. The Balaban J connectivity index is 2.72. The van der Waals surface area contributed by atoms with Crippen LogP contribution in [0.5, 0.6) is 0 Å². The van der Waals surface area contributed by atoms with E-state index in [1.165, 1.54) is 0 Å². The van der Waals surface area contributed by atoms with E-state index in [2.05, 4.69) is 33.2 Å². The van der Waals surface area contributed by atoms with Crippen LogP contribution in [0.1, 0.15) is 24.9 Å². The van der Waals surface area contributed by atoms with Crippen molar-refractivity contribution in [1.82, 2.24) is 14.9 Å². The largest absolute Gasteiger partial charge is 0.373 e. The van der Waals surface area contributed by atoms with E-state index in [0.29, 0.717) is 13.0 Å². The minimum atomic E-state index is 0.540. The Morgan fingerprint density at radius 1 is 1.47 bits per heavy atom. The lowest BCUT2D eigenvalue weighted by Gasteiger charge is -2.18. The Kier molecular flexibility index (Phi) is 5.37. The summed E-state index contributed by atoms with van der Waals surface area (Å²) in [5, 5.41) is 11.6. The number of aromatic nitrogens is 2. The summed E-state index contributed by atoms with van der Waals surface area (Å²) in [6, 6.07) is 4.07. The van der Waals surface area contributed by atoms with Crippen LogP contribution in [0.15, 0.2) is 6.07 Å². The average Bonchev–Trinajstić information content (AvgIpc) is 2.33. The normalized spacial score (nSPS) is 10.3. The first-order chi connectivity index (χ1) is 8.19. The standard InChI is InChI=1S/C12H19N5/c1-4-17(7-5-6-13)9-12-15-10(2)8-11(14-3)16-12/h8H,4-5,7,9H2,1-3H3,(H,14,15,16). The molecule has 0 saturated heterocycles. The number of anilines is 1. The fourth-order valence-electron chi connectivity index (χ4n) is 1.59. The predicted octanol–water partition coefficient (Wildman–Crippen LogP) is 1.56. The highest BCUT2D eigenvalue weighted by Crippen LogP contribution is 2.07. The van der Waals surface area contributed by atoms with Gasteiger partial charge in [-0.1, -0.05) is 6.92 Å². The van der Waals surface area contributed by atoms with Gasteiger partial charge in [0.1, 0.15) is 11.6 Å². The van der Waals surface area contributed by atoms with Gasteiger partial charge >= 0.3 is 0 Å².